The molecule has 0 spiro atoms. The average molecular weight is 260 g/mol. The topological polar surface area (TPSA) is 61.6 Å². The van der Waals surface area contributed by atoms with Gasteiger partial charge in [-0.2, -0.15) is 5.26 Å². The van der Waals surface area contributed by atoms with Crippen molar-refractivity contribution in [3.05, 3.63) is 60.0 Å². The second-order valence-electron chi connectivity index (χ2n) is 4.45. The predicted molar refractivity (Wildman–Crippen MR) is 78.7 cm³/mol. The maximum absolute atomic E-state index is 8.96. The monoisotopic (exact) mass is 260 g/mol. The summed E-state index contributed by atoms with van der Waals surface area (Å²) in [6, 6.07) is 17.9. The first kappa shape index (κ1) is 12.1. The quantitative estimate of drug-likeness (QED) is 0.765. The van der Waals surface area contributed by atoms with Crippen molar-refractivity contribution in [3.63, 3.8) is 0 Å². The van der Waals surface area contributed by atoms with Crippen LogP contribution in [0, 0.1) is 18.3 Å². The Hall–Kier alpha value is -2.93. The minimum atomic E-state index is 0.361. The van der Waals surface area contributed by atoms with Crippen molar-refractivity contribution < 1.29 is 0 Å². The number of hydrogen-bond acceptors (Lipinski definition) is 4. The van der Waals surface area contributed by atoms with E-state index < -0.39 is 0 Å². The Labute approximate surface area is 116 Å². The second-order valence-corrected chi connectivity index (χ2v) is 4.45. The number of nitriles is 1. The molecule has 4 heteroatoms. The maximum atomic E-state index is 8.96. The smallest absolute Gasteiger partial charge is 0.146 e. The fraction of sp³-hybridized carbons (Fsp3) is 0.0625. The zero-order chi connectivity index (χ0) is 13.9. The molecule has 0 saturated carbocycles. The van der Waals surface area contributed by atoms with E-state index in [1.54, 1.807) is 13.0 Å². The maximum Gasteiger partial charge on any atom is 0.146 e. The molecule has 96 valence electrons. The van der Waals surface area contributed by atoms with Crippen molar-refractivity contribution in [2.24, 2.45) is 0 Å². The molecule has 0 amide bonds. The number of rotatable bonds is 2. The Morgan fingerprint density at radius 3 is 2.70 bits per heavy atom. The molecule has 0 aliphatic heterocycles. The molecule has 1 N–H and O–H groups in total. The Balaban J connectivity index is 2.06. The number of benzene rings is 2. The van der Waals surface area contributed by atoms with E-state index in [-0.39, 0.29) is 0 Å². The van der Waals surface area contributed by atoms with Crippen LogP contribution >= 0.6 is 0 Å². The number of nitrogens with one attached hydrogen (secondary N) is 1. The van der Waals surface area contributed by atoms with Gasteiger partial charge in [-0.25, -0.2) is 9.97 Å². The van der Waals surface area contributed by atoms with Gasteiger partial charge < -0.3 is 5.32 Å². The van der Waals surface area contributed by atoms with Crippen molar-refractivity contribution in [2.45, 2.75) is 6.92 Å². The minimum absolute atomic E-state index is 0.361. The lowest BCUT2D eigenvalue weighted by molar-refractivity contribution is 1.04. The molecular weight excluding hydrogens is 248 g/mol. The zero-order valence-electron chi connectivity index (χ0n) is 11.0. The molecule has 0 aliphatic carbocycles. The van der Waals surface area contributed by atoms with Crippen LogP contribution in [-0.4, -0.2) is 9.97 Å². The molecule has 1 aromatic heterocycles. The molecule has 0 saturated heterocycles. The molecule has 0 fully saturated rings. The van der Waals surface area contributed by atoms with Gasteiger partial charge in [0.1, 0.15) is 23.4 Å². The number of hydrogen-bond donors (Lipinski definition) is 1. The highest BCUT2D eigenvalue weighted by atomic mass is 15.0. The lowest BCUT2D eigenvalue weighted by Gasteiger charge is -2.09. The van der Waals surface area contributed by atoms with E-state index in [4.69, 9.17) is 5.26 Å². The van der Waals surface area contributed by atoms with Crippen LogP contribution in [0.1, 0.15) is 11.5 Å². The molecule has 1 heterocycles. The summed E-state index contributed by atoms with van der Waals surface area (Å²) >= 11 is 0. The molecule has 20 heavy (non-hydrogen) atoms. The molecular formula is C16H12N4. The van der Waals surface area contributed by atoms with Gasteiger partial charge in [-0.3, -0.25) is 0 Å². The Morgan fingerprint density at radius 1 is 1.05 bits per heavy atom. The highest BCUT2D eigenvalue weighted by molar-refractivity contribution is 5.95. The Bertz CT molecular complexity index is 813. The molecule has 3 rings (SSSR count). The van der Waals surface area contributed by atoms with Crippen molar-refractivity contribution in [1.29, 1.82) is 5.26 Å². The Morgan fingerprint density at radius 2 is 1.85 bits per heavy atom. The minimum Gasteiger partial charge on any atom is -0.340 e. The van der Waals surface area contributed by atoms with E-state index in [1.165, 1.54) is 0 Å². The van der Waals surface area contributed by atoms with E-state index in [0.29, 0.717) is 17.3 Å². The summed E-state index contributed by atoms with van der Waals surface area (Å²) in [7, 11) is 0. The van der Waals surface area contributed by atoms with Crippen molar-refractivity contribution in [3.8, 4) is 6.07 Å². The third-order valence-electron chi connectivity index (χ3n) is 3.00. The lowest BCUT2D eigenvalue weighted by Crippen LogP contribution is -1.99. The van der Waals surface area contributed by atoms with Crippen LogP contribution < -0.4 is 5.32 Å². The van der Waals surface area contributed by atoms with Crippen LogP contribution in [-0.2, 0) is 0 Å². The van der Waals surface area contributed by atoms with E-state index in [1.807, 2.05) is 30.3 Å². The third-order valence-corrected chi connectivity index (χ3v) is 3.00. The third kappa shape index (κ3) is 2.29. The zero-order valence-corrected chi connectivity index (χ0v) is 11.0. The first-order valence-electron chi connectivity index (χ1n) is 6.27. The molecule has 4 nitrogen and oxygen atoms in total. The summed E-state index contributed by atoms with van der Waals surface area (Å²) < 4.78 is 0. The van der Waals surface area contributed by atoms with Crippen LogP contribution in [0.4, 0.5) is 11.5 Å². The number of nitrogens with zero attached hydrogens (tertiary/aromatic N) is 3. The van der Waals surface area contributed by atoms with E-state index in [0.717, 1.165) is 16.5 Å². The predicted octanol–water partition coefficient (Wildman–Crippen LogP) is 3.55. The summed E-state index contributed by atoms with van der Waals surface area (Å²) in [4.78, 5) is 8.35. The van der Waals surface area contributed by atoms with Gasteiger partial charge in [0.25, 0.3) is 0 Å². The van der Waals surface area contributed by atoms with Crippen LogP contribution in [0.5, 0.6) is 0 Å². The van der Waals surface area contributed by atoms with Gasteiger partial charge in [-0.1, -0.05) is 36.4 Å². The summed E-state index contributed by atoms with van der Waals surface area (Å²) in [5, 5.41) is 14.5. The number of aromatic nitrogens is 2. The summed E-state index contributed by atoms with van der Waals surface area (Å²) in [5.41, 5.74) is 1.32. The Kier molecular flexibility index (Phi) is 3.02. The lowest BCUT2D eigenvalue weighted by atomic mass is 10.1. The standard InChI is InChI=1S/C16H12N4/c1-11-18-13(10-17)9-16(19-11)20-15-8-4-6-12-5-2-3-7-14(12)15/h2-9H,1H3,(H,18,19,20). The van der Waals surface area contributed by atoms with E-state index in [2.05, 4.69) is 33.5 Å². The largest absolute Gasteiger partial charge is 0.340 e. The van der Waals surface area contributed by atoms with Crippen LogP contribution in [0.25, 0.3) is 10.8 Å². The van der Waals surface area contributed by atoms with E-state index in [9.17, 15) is 0 Å². The fourth-order valence-electron chi connectivity index (χ4n) is 2.16. The van der Waals surface area contributed by atoms with Gasteiger partial charge in [-0.05, 0) is 18.4 Å². The summed E-state index contributed by atoms with van der Waals surface area (Å²) in [6.45, 7) is 1.77. The van der Waals surface area contributed by atoms with Gasteiger partial charge >= 0.3 is 0 Å². The van der Waals surface area contributed by atoms with Gasteiger partial charge in [0.05, 0.1) is 0 Å². The molecule has 3 aromatic rings. The highest BCUT2D eigenvalue weighted by Gasteiger charge is 2.04. The van der Waals surface area contributed by atoms with Crippen molar-refractivity contribution >= 4 is 22.3 Å². The summed E-state index contributed by atoms with van der Waals surface area (Å²) in [6.07, 6.45) is 0. The first-order valence-corrected chi connectivity index (χ1v) is 6.27. The number of aryl methyl sites for hydroxylation is 1. The van der Waals surface area contributed by atoms with Gasteiger partial charge in [-0.15, -0.1) is 0 Å². The normalized spacial score (nSPS) is 10.2. The molecule has 0 bridgehead atoms. The van der Waals surface area contributed by atoms with Gasteiger partial charge in [0.2, 0.25) is 0 Å². The van der Waals surface area contributed by atoms with Crippen molar-refractivity contribution in [1.82, 2.24) is 9.97 Å². The summed E-state index contributed by atoms with van der Waals surface area (Å²) in [5.74, 6) is 1.21. The second kappa shape index (κ2) is 4.98. The highest BCUT2D eigenvalue weighted by Crippen LogP contribution is 2.25. The molecule has 0 radical (unpaired) electrons. The fourth-order valence-corrected chi connectivity index (χ4v) is 2.16. The SMILES string of the molecule is Cc1nc(C#N)cc(Nc2cccc3ccccc23)n1. The van der Waals surface area contributed by atoms with E-state index >= 15 is 0 Å². The molecule has 2 aromatic carbocycles. The molecule has 0 aliphatic rings. The van der Waals surface area contributed by atoms with Crippen molar-refractivity contribution in [2.75, 3.05) is 5.32 Å². The van der Waals surface area contributed by atoms with Gasteiger partial charge in [0, 0.05) is 17.1 Å². The van der Waals surface area contributed by atoms with Crippen LogP contribution in [0.2, 0.25) is 0 Å². The molecule has 0 unspecified atom stereocenters. The first-order chi connectivity index (χ1) is 9.76. The van der Waals surface area contributed by atoms with Crippen LogP contribution in [0.15, 0.2) is 48.5 Å². The molecule has 0 atom stereocenters. The number of anilines is 2. The average Bonchev–Trinajstić information content (AvgIpc) is 2.47. The van der Waals surface area contributed by atoms with Crippen LogP contribution in [0.3, 0.4) is 0 Å². The number of fused-ring (bicyclic) bond motifs is 1. The van der Waals surface area contributed by atoms with Gasteiger partial charge in [0.15, 0.2) is 0 Å².